The van der Waals surface area contributed by atoms with Crippen molar-refractivity contribution >= 4 is 27.7 Å². The Balaban J connectivity index is 2.35. The summed E-state index contributed by atoms with van der Waals surface area (Å²) < 4.78 is 6.60. The predicted molar refractivity (Wildman–Crippen MR) is 66.3 cm³/mol. The van der Waals surface area contributed by atoms with Gasteiger partial charge in [0, 0.05) is 0 Å². The van der Waals surface area contributed by atoms with Crippen LogP contribution in [0.3, 0.4) is 0 Å². The monoisotopic (exact) mass is 247 g/mol. The van der Waals surface area contributed by atoms with Crippen molar-refractivity contribution in [2.45, 2.75) is 6.92 Å². The molecule has 1 heterocycles. The maximum absolute atomic E-state index is 11.8. The average Bonchev–Trinajstić information content (AvgIpc) is 2.68. The fourth-order valence-corrected chi connectivity index (χ4v) is 2.22. The van der Waals surface area contributed by atoms with Crippen LogP contribution < -0.4 is 5.56 Å². The van der Waals surface area contributed by atoms with Crippen LogP contribution in [-0.2, 0) is 4.74 Å². The molecule has 0 atom stereocenters. The van der Waals surface area contributed by atoms with Crippen molar-refractivity contribution in [3.8, 4) is 11.8 Å². The molecular weight excluding hydrogens is 238 g/mol. The van der Waals surface area contributed by atoms with Gasteiger partial charge in [0.05, 0.1) is 10.1 Å². The Morgan fingerprint density at radius 3 is 2.94 bits per heavy atom. The molecule has 0 aliphatic rings. The lowest BCUT2D eigenvalue weighted by atomic mass is 10.3. The summed E-state index contributed by atoms with van der Waals surface area (Å²) in [7, 11) is 0. The molecule has 0 spiro atoms. The molecule has 0 radical (unpaired) electrons. The Labute approximate surface area is 102 Å². The molecule has 0 aliphatic heterocycles. The fourth-order valence-electron chi connectivity index (χ4n) is 1.32. The summed E-state index contributed by atoms with van der Waals surface area (Å²) in [5.74, 6) is 5.20. The minimum Gasteiger partial charge on any atom is -0.435 e. The molecule has 4 nitrogen and oxygen atoms in total. The highest BCUT2D eigenvalue weighted by Gasteiger charge is 2.13. The van der Waals surface area contributed by atoms with Crippen LogP contribution in [0.5, 0.6) is 0 Å². The first-order valence-electron chi connectivity index (χ1n) is 4.92. The number of carbonyl (C=O) groups excluding carboxylic acids is 1. The number of ether oxygens (including phenoxy) is 1. The van der Waals surface area contributed by atoms with Gasteiger partial charge in [-0.1, -0.05) is 18.1 Å². The van der Waals surface area contributed by atoms with E-state index < -0.39 is 6.09 Å². The molecule has 0 amide bonds. The van der Waals surface area contributed by atoms with E-state index in [-0.39, 0.29) is 12.2 Å². The van der Waals surface area contributed by atoms with Gasteiger partial charge in [0.25, 0.3) is 5.56 Å². The Morgan fingerprint density at radius 1 is 1.47 bits per heavy atom. The number of hydrogen-bond donors (Lipinski definition) is 0. The highest BCUT2D eigenvalue weighted by Crippen LogP contribution is 2.15. The summed E-state index contributed by atoms with van der Waals surface area (Å²) in [6, 6.07) is 7.05. The minimum atomic E-state index is -0.682. The molecule has 0 aliphatic carbocycles. The van der Waals surface area contributed by atoms with E-state index in [2.05, 4.69) is 11.8 Å². The zero-order valence-corrected chi connectivity index (χ0v) is 9.91. The fraction of sp³-hybridized carbons (Fsp3) is 0.167. The lowest BCUT2D eigenvalue weighted by molar-refractivity contribution is 0.164. The highest BCUT2D eigenvalue weighted by atomic mass is 32.1. The summed E-state index contributed by atoms with van der Waals surface area (Å²) in [5, 5.41) is 0.524. The van der Waals surface area contributed by atoms with Crippen LogP contribution in [0.15, 0.2) is 29.1 Å². The third kappa shape index (κ3) is 2.22. The molecule has 0 N–H and O–H groups in total. The number of carbonyl (C=O) groups is 1. The van der Waals surface area contributed by atoms with Gasteiger partial charge in [-0.2, -0.15) is 3.96 Å². The topological polar surface area (TPSA) is 48.3 Å². The molecule has 86 valence electrons. The Bertz CT molecular complexity index is 672. The van der Waals surface area contributed by atoms with Gasteiger partial charge < -0.3 is 4.74 Å². The summed E-state index contributed by atoms with van der Waals surface area (Å²) in [6.07, 6.45) is -0.682. The van der Waals surface area contributed by atoms with Crippen LogP contribution in [0.1, 0.15) is 6.92 Å². The first kappa shape index (κ1) is 11.4. The summed E-state index contributed by atoms with van der Waals surface area (Å²) in [6.45, 7) is 1.65. The van der Waals surface area contributed by atoms with Gasteiger partial charge >= 0.3 is 6.09 Å². The molecule has 0 saturated heterocycles. The van der Waals surface area contributed by atoms with Crippen LogP contribution >= 0.6 is 11.5 Å². The minimum absolute atomic E-state index is 0.00395. The second kappa shape index (κ2) is 4.85. The molecule has 1 aromatic heterocycles. The Kier molecular flexibility index (Phi) is 3.26. The quantitative estimate of drug-likeness (QED) is 0.725. The third-order valence-corrected chi connectivity index (χ3v) is 3.15. The number of benzene rings is 1. The van der Waals surface area contributed by atoms with Crippen LogP contribution in [0.4, 0.5) is 4.79 Å². The zero-order chi connectivity index (χ0) is 12.3. The largest absolute Gasteiger partial charge is 0.435 e. The summed E-state index contributed by atoms with van der Waals surface area (Å²) in [5.41, 5.74) is -0.347. The smallest absolute Gasteiger partial charge is 0.431 e. The van der Waals surface area contributed by atoms with Gasteiger partial charge in [0.2, 0.25) is 0 Å². The lowest BCUT2D eigenvalue weighted by Gasteiger charge is -1.97. The van der Waals surface area contributed by atoms with E-state index in [0.29, 0.717) is 5.39 Å². The number of rotatable bonds is 1. The second-order valence-corrected chi connectivity index (χ2v) is 4.16. The number of nitrogens with zero attached hydrogens (tertiary/aromatic N) is 1. The van der Waals surface area contributed by atoms with Crippen molar-refractivity contribution in [2.75, 3.05) is 6.61 Å². The van der Waals surface area contributed by atoms with E-state index >= 15 is 0 Å². The van der Waals surface area contributed by atoms with Crippen molar-refractivity contribution in [2.24, 2.45) is 0 Å². The van der Waals surface area contributed by atoms with E-state index in [1.807, 2.05) is 6.07 Å². The Morgan fingerprint density at radius 2 is 2.24 bits per heavy atom. The molecule has 2 aromatic rings. The van der Waals surface area contributed by atoms with E-state index in [1.165, 1.54) is 0 Å². The second-order valence-electron chi connectivity index (χ2n) is 3.17. The van der Waals surface area contributed by atoms with E-state index in [1.54, 1.807) is 25.1 Å². The number of hydrogen-bond acceptors (Lipinski definition) is 4. The van der Waals surface area contributed by atoms with Gasteiger partial charge in [-0.25, -0.2) is 4.79 Å². The van der Waals surface area contributed by atoms with Crippen molar-refractivity contribution in [1.29, 1.82) is 0 Å². The summed E-state index contributed by atoms with van der Waals surface area (Å²) >= 11 is 1.07. The van der Waals surface area contributed by atoms with Crippen molar-refractivity contribution < 1.29 is 9.53 Å². The van der Waals surface area contributed by atoms with Gasteiger partial charge in [0.1, 0.15) is 0 Å². The SMILES string of the molecule is CC#CCOC(=O)n1sc2ccccc2c1=O. The number of aromatic nitrogens is 1. The predicted octanol–water partition coefficient (Wildman–Crippen LogP) is 2.07. The highest BCUT2D eigenvalue weighted by molar-refractivity contribution is 7.14. The zero-order valence-electron chi connectivity index (χ0n) is 9.10. The third-order valence-electron chi connectivity index (χ3n) is 2.10. The molecule has 17 heavy (non-hydrogen) atoms. The molecule has 5 heteroatoms. The maximum Gasteiger partial charge on any atom is 0.431 e. The van der Waals surface area contributed by atoms with E-state index in [9.17, 15) is 9.59 Å². The summed E-state index contributed by atoms with van der Waals surface area (Å²) in [4.78, 5) is 23.4. The van der Waals surface area contributed by atoms with Crippen LogP contribution in [0.25, 0.3) is 10.1 Å². The molecule has 0 fully saturated rings. The van der Waals surface area contributed by atoms with Gasteiger partial charge in [-0.15, -0.1) is 5.92 Å². The van der Waals surface area contributed by atoms with Gasteiger partial charge in [0.15, 0.2) is 6.61 Å². The van der Waals surface area contributed by atoms with Gasteiger partial charge in [-0.3, -0.25) is 4.79 Å². The first-order chi connectivity index (χ1) is 8.24. The lowest BCUT2D eigenvalue weighted by Crippen LogP contribution is -2.22. The molecule has 0 saturated carbocycles. The number of fused-ring (bicyclic) bond motifs is 1. The van der Waals surface area contributed by atoms with Crippen molar-refractivity contribution in [1.82, 2.24) is 3.96 Å². The molecule has 2 rings (SSSR count). The van der Waals surface area contributed by atoms with E-state index in [0.717, 1.165) is 20.2 Å². The molecule has 0 unspecified atom stereocenters. The standard InChI is InChI=1S/C12H9NO3S/c1-2-3-8-16-12(15)13-11(14)9-6-4-5-7-10(9)17-13/h4-7H,8H2,1H3. The van der Waals surface area contributed by atoms with Crippen LogP contribution in [-0.4, -0.2) is 16.7 Å². The normalized spacial score (nSPS) is 9.71. The van der Waals surface area contributed by atoms with Crippen LogP contribution in [0.2, 0.25) is 0 Å². The molecule has 1 aromatic carbocycles. The average molecular weight is 247 g/mol. The molecular formula is C12H9NO3S. The molecule has 0 bridgehead atoms. The Hall–Kier alpha value is -2.06. The van der Waals surface area contributed by atoms with Crippen molar-refractivity contribution in [3.05, 3.63) is 34.6 Å². The van der Waals surface area contributed by atoms with Crippen LogP contribution in [0, 0.1) is 11.8 Å². The van der Waals surface area contributed by atoms with E-state index in [4.69, 9.17) is 4.74 Å². The maximum atomic E-state index is 11.8. The first-order valence-corrected chi connectivity index (χ1v) is 5.69. The van der Waals surface area contributed by atoms with Gasteiger partial charge in [-0.05, 0) is 30.6 Å². The van der Waals surface area contributed by atoms with Crippen molar-refractivity contribution in [3.63, 3.8) is 0 Å².